The number of hydrogen-bond donors (Lipinski definition) is 2. The zero-order valence-corrected chi connectivity index (χ0v) is 13.9. The summed E-state index contributed by atoms with van der Waals surface area (Å²) in [6, 6.07) is 4.17. The largest absolute Gasteiger partial charge is 0.381 e. The van der Waals surface area contributed by atoms with Crippen molar-refractivity contribution in [2.45, 2.75) is 39.5 Å². The summed E-state index contributed by atoms with van der Waals surface area (Å²) in [5, 5.41) is 2.99. The summed E-state index contributed by atoms with van der Waals surface area (Å²) < 4.78 is 5.42. The minimum atomic E-state index is 0.114. The fourth-order valence-electron chi connectivity index (χ4n) is 3.11. The fourth-order valence-corrected chi connectivity index (χ4v) is 3.11. The van der Waals surface area contributed by atoms with Gasteiger partial charge in [-0.25, -0.2) is 4.98 Å². The number of carbonyl (C=O) groups excluding carboxylic acids is 1. The number of nitrogens with zero attached hydrogens (tertiary/aromatic N) is 1. The first-order chi connectivity index (χ1) is 11.1. The standard InChI is InChI=1S/C18H25N3O2/c1-12-5-6-15-18(13(12)2)21-16(20-15)7-8-19-17(22)10-14-4-3-9-23-11-14/h5-6,14H,3-4,7-11H2,1-2H3,(H,19,22)(H,20,21). The van der Waals surface area contributed by atoms with E-state index in [9.17, 15) is 4.79 Å². The molecule has 124 valence electrons. The Morgan fingerprint density at radius 1 is 1.43 bits per heavy atom. The van der Waals surface area contributed by atoms with Crippen LogP contribution in [0.25, 0.3) is 11.0 Å². The van der Waals surface area contributed by atoms with Crippen LogP contribution in [-0.2, 0) is 16.0 Å². The molecule has 1 aliphatic rings. The van der Waals surface area contributed by atoms with Crippen LogP contribution in [0.5, 0.6) is 0 Å². The molecule has 1 aromatic heterocycles. The Kier molecular flexibility index (Phi) is 4.96. The maximum Gasteiger partial charge on any atom is 0.220 e. The van der Waals surface area contributed by atoms with E-state index < -0.39 is 0 Å². The van der Waals surface area contributed by atoms with E-state index in [1.165, 1.54) is 11.1 Å². The molecule has 0 saturated carbocycles. The Morgan fingerprint density at radius 2 is 2.30 bits per heavy atom. The van der Waals surface area contributed by atoms with E-state index >= 15 is 0 Å². The third-order valence-corrected chi connectivity index (χ3v) is 4.64. The Morgan fingerprint density at radius 3 is 3.09 bits per heavy atom. The number of carbonyl (C=O) groups is 1. The number of aryl methyl sites for hydroxylation is 2. The lowest BCUT2D eigenvalue weighted by atomic mass is 9.98. The lowest BCUT2D eigenvalue weighted by Gasteiger charge is -2.21. The van der Waals surface area contributed by atoms with E-state index in [0.29, 0.717) is 18.9 Å². The number of H-pyrrole nitrogens is 1. The minimum Gasteiger partial charge on any atom is -0.381 e. The fraction of sp³-hybridized carbons (Fsp3) is 0.556. The second-order valence-corrected chi connectivity index (χ2v) is 6.47. The topological polar surface area (TPSA) is 67.0 Å². The molecule has 1 atom stereocenters. The summed E-state index contributed by atoms with van der Waals surface area (Å²) in [5.74, 6) is 1.42. The lowest BCUT2D eigenvalue weighted by Crippen LogP contribution is -2.30. The summed E-state index contributed by atoms with van der Waals surface area (Å²) in [6.07, 6.45) is 3.45. The van der Waals surface area contributed by atoms with E-state index in [1.807, 2.05) is 0 Å². The molecule has 2 N–H and O–H groups in total. The Bertz CT molecular complexity index is 687. The maximum atomic E-state index is 12.0. The van der Waals surface area contributed by atoms with Gasteiger partial charge >= 0.3 is 0 Å². The van der Waals surface area contributed by atoms with Gasteiger partial charge in [-0.2, -0.15) is 0 Å². The van der Waals surface area contributed by atoms with Gasteiger partial charge in [0.1, 0.15) is 5.82 Å². The molecule has 5 heteroatoms. The molecular formula is C18H25N3O2. The molecule has 23 heavy (non-hydrogen) atoms. The van der Waals surface area contributed by atoms with Gasteiger partial charge in [-0.3, -0.25) is 4.79 Å². The molecule has 0 radical (unpaired) electrons. The van der Waals surface area contributed by atoms with Gasteiger partial charge in [-0.05, 0) is 49.8 Å². The van der Waals surface area contributed by atoms with Crippen molar-refractivity contribution in [3.63, 3.8) is 0 Å². The number of benzene rings is 1. The first kappa shape index (κ1) is 16.0. The molecule has 2 heterocycles. The van der Waals surface area contributed by atoms with Gasteiger partial charge < -0.3 is 15.0 Å². The van der Waals surface area contributed by atoms with Gasteiger partial charge in [-0.15, -0.1) is 0 Å². The molecule has 1 saturated heterocycles. The number of rotatable bonds is 5. The molecule has 2 aromatic rings. The molecule has 1 unspecified atom stereocenters. The quantitative estimate of drug-likeness (QED) is 0.891. The molecule has 1 amide bonds. The molecule has 1 fully saturated rings. The van der Waals surface area contributed by atoms with Crippen molar-refractivity contribution in [1.29, 1.82) is 0 Å². The second kappa shape index (κ2) is 7.13. The second-order valence-electron chi connectivity index (χ2n) is 6.47. The Hall–Kier alpha value is -1.88. The van der Waals surface area contributed by atoms with Crippen LogP contribution >= 0.6 is 0 Å². The number of nitrogens with one attached hydrogen (secondary N) is 2. The number of aromatic amines is 1. The molecule has 0 bridgehead atoms. The van der Waals surface area contributed by atoms with Gasteiger partial charge in [0.15, 0.2) is 0 Å². The number of ether oxygens (including phenoxy) is 1. The molecule has 0 spiro atoms. The minimum absolute atomic E-state index is 0.114. The summed E-state index contributed by atoms with van der Waals surface area (Å²) in [6.45, 7) is 6.36. The number of amides is 1. The Labute approximate surface area is 136 Å². The monoisotopic (exact) mass is 315 g/mol. The van der Waals surface area contributed by atoms with E-state index in [-0.39, 0.29) is 5.91 Å². The molecule has 1 aromatic carbocycles. The summed E-state index contributed by atoms with van der Waals surface area (Å²) >= 11 is 0. The summed E-state index contributed by atoms with van der Waals surface area (Å²) in [5.41, 5.74) is 4.56. The average Bonchev–Trinajstić information content (AvgIpc) is 2.96. The zero-order valence-electron chi connectivity index (χ0n) is 13.9. The van der Waals surface area contributed by atoms with Crippen LogP contribution in [-0.4, -0.2) is 35.6 Å². The van der Waals surface area contributed by atoms with E-state index in [2.05, 4.69) is 41.3 Å². The SMILES string of the molecule is Cc1ccc2[nH]c(CCNC(=O)CC3CCCOC3)nc2c1C. The van der Waals surface area contributed by atoms with Gasteiger partial charge in [0.25, 0.3) is 0 Å². The third kappa shape index (κ3) is 3.91. The van der Waals surface area contributed by atoms with Crippen molar-refractivity contribution in [2.24, 2.45) is 5.92 Å². The van der Waals surface area contributed by atoms with Gasteiger partial charge in [0, 0.05) is 32.6 Å². The van der Waals surface area contributed by atoms with Crippen molar-refractivity contribution in [3.05, 3.63) is 29.1 Å². The van der Waals surface area contributed by atoms with Crippen LogP contribution in [0.15, 0.2) is 12.1 Å². The molecule has 5 nitrogen and oxygen atoms in total. The number of fused-ring (bicyclic) bond motifs is 1. The van der Waals surface area contributed by atoms with E-state index in [0.717, 1.165) is 49.3 Å². The molecule has 0 aliphatic carbocycles. The van der Waals surface area contributed by atoms with Crippen molar-refractivity contribution in [3.8, 4) is 0 Å². The van der Waals surface area contributed by atoms with Crippen molar-refractivity contribution < 1.29 is 9.53 Å². The summed E-state index contributed by atoms with van der Waals surface area (Å²) in [4.78, 5) is 20.0. The third-order valence-electron chi connectivity index (χ3n) is 4.64. The molecular weight excluding hydrogens is 290 g/mol. The Balaban J connectivity index is 1.50. The van der Waals surface area contributed by atoms with Gasteiger partial charge in [-0.1, -0.05) is 6.07 Å². The highest BCUT2D eigenvalue weighted by Crippen LogP contribution is 2.19. The predicted octanol–water partition coefficient (Wildman–Crippen LogP) is 2.66. The lowest BCUT2D eigenvalue weighted by molar-refractivity contribution is -0.123. The predicted molar refractivity (Wildman–Crippen MR) is 90.4 cm³/mol. The van der Waals surface area contributed by atoms with Crippen molar-refractivity contribution in [2.75, 3.05) is 19.8 Å². The first-order valence-electron chi connectivity index (χ1n) is 8.42. The van der Waals surface area contributed by atoms with Gasteiger partial charge in [0.05, 0.1) is 11.0 Å². The van der Waals surface area contributed by atoms with Crippen LogP contribution < -0.4 is 5.32 Å². The highest BCUT2D eigenvalue weighted by molar-refractivity contribution is 5.80. The number of aromatic nitrogens is 2. The normalized spacial score (nSPS) is 18.3. The summed E-state index contributed by atoms with van der Waals surface area (Å²) in [7, 11) is 0. The highest BCUT2D eigenvalue weighted by atomic mass is 16.5. The number of hydrogen-bond acceptors (Lipinski definition) is 3. The highest BCUT2D eigenvalue weighted by Gasteiger charge is 2.17. The van der Waals surface area contributed by atoms with E-state index in [1.54, 1.807) is 0 Å². The van der Waals surface area contributed by atoms with Crippen LogP contribution in [0, 0.1) is 19.8 Å². The number of imidazole rings is 1. The zero-order chi connectivity index (χ0) is 16.2. The van der Waals surface area contributed by atoms with Crippen LogP contribution in [0.4, 0.5) is 0 Å². The molecule has 1 aliphatic heterocycles. The van der Waals surface area contributed by atoms with Crippen molar-refractivity contribution >= 4 is 16.9 Å². The van der Waals surface area contributed by atoms with E-state index in [4.69, 9.17) is 4.74 Å². The molecule has 3 rings (SSSR count). The first-order valence-corrected chi connectivity index (χ1v) is 8.42. The maximum absolute atomic E-state index is 12.0. The van der Waals surface area contributed by atoms with Gasteiger partial charge in [0.2, 0.25) is 5.91 Å². The van der Waals surface area contributed by atoms with Crippen LogP contribution in [0.2, 0.25) is 0 Å². The van der Waals surface area contributed by atoms with Crippen LogP contribution in [0.3, 0.4) is 0 Å². The van der Waals surface area contributed by atoms with Crippen LogP contribution in [0.1, 0.15) is 36.2 Å². The average molecular weight is 315 g/mol. The smallest absolute Gasteiger partial charge is 0.220 e. The van der Waals surface area contributed by atoms with Crippen molar-refractivity contribution in [1.82, 2.24) is 15.3 Å².